The van der Waals surface area contributed by atoms with Gasteiger partial charge in [-0.1, -0.05) is 75.3 Å². The molecular formula is C30H44O6P2. The SMILES string of the molecule is CCCCCc1cc(OP(=O)(OC)C2CCCC2)c(-c2cccc(C)c2)c(OP(=O)(OC)C2CCCC2)c1. The predicted octanol–water partition coefficient (Wildman–Crippen LogP) is 9.72. The monoisotopic (exact) mass is 562 g/mol. The third kappa shape index (κ3) is 6.76. The summed E-state index contributed by atoms with van der Waals surface area (Å²) in [6.45, 7) is 4.21. The molecule has 2 unspecified atom stereocenters. The van der Waals surface area contributed by atoms with Gasteiger partial charge in [-0.25, -0.2) is 9.13 Å². The van der Waals surface area contributed by atoms with Crippen molar-refractivity contribution in [2.75, 3.05) is 14.2 Å². The van der Waals surface area contributed by atoms with E-state index in [1.54, 1.807) is 0 Å². The highest BCUT2D eigenvalue weighted by Gasteiger charge is 2.41. The van der Waals surface area contributed by atoms with E-state index < -0.39 is 15.2 Å². The summed E-state index contributed by atoms with van der Waals surface area (Å²) in [6, 6.07) is 12.0. The van der Waals surface area contributed by atoms with Gasteiger partial charge >= 0.3 is 15.2 Å². The number of rotatable bonds is 13. The fraction of sp³-hybridized carbons (Fsp3) is 0.600. The second-order valence-corrected chi connectivity index (χ2v) is 15.5. The molecule has 8 heteroatoms. The van der Waals surface area contributed by atoms with Crippen LogP contribution in [0.2, 0.25) is 0 Å². The van der Waals surface area contributed by atoms with E-state index in [1.807, 2.05) is 43.3 Å². The molecular weight excluding hydrogens is 518 g/mol. The molecule has 0 spiro atoms. The summed E-state index contributed by atoms with van der Waals surface area (Å²) in [4.78, 5) is 0. The number of aryl methyl sites for hydroxylation is 2. The highest BCUT2D eigenvalue weighted by atomic mass is 31.2. The predicted molar refractivity (Wildman–Crippen MR) is 155 cm³/mol. The standard InChI is InChI=1S/C30H44O6P2/c1-5-6-7-14-24-21-28(35-37(31,33-3)26-16-8-9-17-26)30(25-15-12-13-23(2)20-25)29(22-24)36-38(32,34-4)27-18-10-11-19-27/h12-13,15,20-22,26-27H,5-11,14,16-19H2,1-4H3. The van der Waals surface area contributed by atoms with Crippen LogP contribution in [-0.4, -0.2) is 25.5 Å². The summed E-state index contributed by atoms with van der Waals surface area (Å²) in [6.07, 6.45) is 11.4. The molecule has 0 amide bonds. The average Bonchev–Trinajstić information content (AvgIpc) is 3.64. The molecule has 2 atom stereocenters. The highest BCUT2D eigenvalue weighted by molar-refractivity contribution is 7.55. The molecule has 2 aliphatic rings. The van der Waals surface area contributed by atoms with Gasteiger partial charge in [-0.3, -0.25) is 0 Å². The van der Waals surface area contributed by atoms with E-state index in [-0.39, 0.29) is 11.3 Å². The molecule has 0 aromatic heterocycles. The van der Waals surface area contributed by atoms with Crippen LogP contribution in [0.3, 0.4) is 0 Å². The van der Waals surface area contributed by atoms with Gasteiger partial charge in [-0.2, -0.15) is 0 Å². The molecule has 4 rings (SSSR count). The van der Waals surface area contributed by atoms with Crippen molar-refractivity contribution in [1.82, 2.24) is 0 Å². The van der Waals surface area contributed by atoms with Crippen LogP contribution in [0.15, 0.2) is 36.4 Å². The highest BCUT2D eigenvalue weighted by Crippen LogP contribution is 2.62. The Hall–Kier alpha value is -1.58. The summed E-state index contributed by atoms with van der Waals surface area (Å²) in [5.74, 6) is 0.927. The van der Waals surface area contributed by atoms with Crippen LogP contribution in [0.1, 0.15) is 88.7 Å². The Bertz CT molecular complexity index is 1110. The molecule has 2 saturated carbocycles. The number of unbranched alkanes of at least 4 members (excludes halogenated alkanes) is 2. The molecule has 0 saturated heterocycles. The summed E-state index contributed by atoms with van der Waals surface area (Å²) in [5, 5.41) is 0. The van der Waals surface area contributed by atoms with E-state index in [2.05, 4.69) is 6.92 Å². The fourth-order valence-electron chi connectivity index (χ4n) is 5.83. The van der Waals surface area contributed by atoms with Crippen LogP contribution in [-0.2, 0) is 24.6 Å². The van der Waals surface area contributed by atoms with Crippen molar-refractivity contribution in [2.45, 2.75) is 102 Å². The first-order chi connectivity index (χ1) is 18.3. The molecule has 0 bridgehead atoms. The lowest BCUT2D eigenvalue weighted by molar-refractivity contribution is 0.307. The molecule has 38 heavy (non-hydrogen) atoms. The zero-order valence-corrected chi connectivity index (χ0v) is 25.2. The molecule has 210 valence electrons. The van der Waals surface area contributed by atoms with Gasteiger partial charge in [0.15, 0.2) is 0 Å². The van der Waals surface area contributed by atoms with Gasteiger partial charge in [-0.05, 0) is 68.7 Å². The van der Waals surface area contributed by atoms with Gasteiger partial charge < -0.3 is 18.1 Å². The third-order valence-electron chi connectivity index (χ3n) is 8.01. The summed E-state index contributed by atoms with van der Waals surface area (Å²) in [7, 11) is -3.91. The smallest absolute Gasteiger partial charge is 0.381 e. The zero-order chi connectivity index (χ0) is 27.2. The van der Waals surface area contributed by atoms with Crippen LogP contribution in [0.25, 0.3) is 11.1 Å². The molecule has 2 aliphatic carbocycles. The lowest BCUT2D eigenvalue weighted by Crippen LogP contribution is -2.12. The number of hydrogen-bond donors (Lipinski definition) is 0. The van der Waals surface area contributed by atoms with Gasteiger partial charge in [0.25, 0.3) is 0 Å². The first-order valence-electron chi connectivity index (χ1n) is 14.3. The van der Waals surface area contributed by atoms with E-state index >= 15 is 0 Å². The molecule has 6 nitrogen and oxygen atoms in total. The van der Waals surface area contributed by atoms with Crippen LogP contribution in [0.4, 0.5) is 0 Å². The quantitative estimate of drug-likeness (QED) is 0.179. The summed E-state index contributed by atoms with van der Waals surface area (Å²) >= 11 is 0. The van der Waals surface area contributed by atoms with Crippen molar-refractivity contribution >= 4 is 15.2 Å². The molecule has 0 radical (unpaired) electrons. The largest absolute Gasteiger partial charge is 0.423 e. The average molecular weight is 563 g/mol. The van der Waals surface area contributed by atoms with E-state index in [0.29, 0.717) is 17.1 Å². The van der Waals surface area contributed by atoms with Crippen molar-refractivity contribution in [2.24, 2.45) is 0 Å². The Kier molecular flexibility index (Phi) is 10.2. The maximum atomic E-state index is 14.1. The lowest BCUT2D eigenvalue weighted by Gasteiger charge is -2.28. The van der Waals surface area contributed by atoms with E-state index in [9.17, 15) is 9.13 Å². The summed E-state index contributed by atoms with van der Waals surface area (Å²) < 4.78 is 52.3. The normalized spacial score (nSPS) is 19.8. The Morgan fingerprint density at radius 3 is 1.76 bits per heavy atom. The second-order valence-electron chi connectivity index (χ2n) is 10.8. The second kappa shape index (κ2) is 13.2. The maximum absolute atomic E-state index is 14.1. The van der Waals surface area contributed by atoms with Crippen LogP contribution in [0.5, 0.6) is 11.5 Å². The first-order valence-corrected chi connectivity index (χ1v) is 17.5. The number of benzene rings is 2. The van der Waals surface area contributed by atoms with Crippen LogP contribution >= 0.6 is 15.2 Å². The third-order valence-corrected chi connectivity index (χ3v) is 12.7. The molecule has 0 N–H and O–H groups in total. The van der Waals surface area contributed by atoms with Crippen molar-refractivity contribution in [1.29, 1.82) is 0 Å². The Morgan fingerprint density at radius 1 is 0.789 bits per heavy atom. The Labute approximate surface area is 228 Å². The van der Waals surface area contributed by atoms with Crippen molar-refractivity contribution < 1.29 is 27.2 Å². The minimum absolute atomic E-state index is 0.130. The maximum Gasteiger partial charge on any atom is 0.381 e. The van der Waals surface area contributed by atoms with Gasteiger partial charge in [-0.15, -0.1) is 0 Å². The lowest BCUT2D eigenvalue weighted by atomic mass is 9.98. The Balaban J connectivity index is 1.86. The van der Waals surface area contributed by atoms with Gasteiger partial charge in [0.2, 0.25) is 0 Å². The molecule has 2 aromatic rings. The van der Waals surface area contributed by atoms with Crippen LogP contribution < -0.4 is 9.05 Å². The fourth-order valence-corrected chi connectivity index (χ4v) is 9.71. The number of hydrogen-bond acceptors (Lipinski definition) is 6. The topological polar surface area (TPSA) is 71.1 Å². The van der Waals surface area contributed by atoms with E-state index in [4.69, 9.17) is 18.1 Å². The first kappa shape index (κ1) is 29.4. The van der Waals surface area contributed by atoms with Crippen molar-refractivity contribution in [3.8, 4) is 22.6 Å². The zero-order valence-electron chi connectivity index (χ0n) is 23.4. The van der Waals surface area contributed by atoms with Gasteiger partial charge in [0.1, 0.15) is 11.5 Å². The minimum Gasteiger partial charge on any atom is -0.423 e. The van der Waals surface area contributed by atoms with Gasteiger partial charge in [0, 0.05) is 14.2 Å². The van der Waals surface area contributed by atoms with Gasteiger partial charge in [0.05, 0.1) is 16.9 Å². The van der Waals surface area contributed by atoms with E-state index in [0.717, 1.165) is 93.7 Å². The van der Waals surface area contributed by atoms with Crippen molar-refractivity contribution in [3.63, 3.8) is 0 Å². The Morgan fingerprint density at radius 2 is 1.32 bits per heavy atom. The molecule has 2 aromatic carbocycles. The molecule has 0 heterocycles. The van der Waals surface area contributed by atoms with Crippen molar-refractivity contribution in [3.05, 3.63) is 47.5 Å². The molecule has 2 fully saturated rings. The summed E-state index contributed by atoms with van der Waals surface area (Å²) in [5.41, 5.74) is 3.33. The van der Waals surface area contributed by atoms with E-state index in [1.165, 1.54) is 14.2 Å². The molecule has 0 aliphatic heterocycles. The van der Waals surface area contributed by atoms with Crippen LogP contribution in [0, 0.1) is 6.92 Å². The minimum atomic E-state index is -3.43.